The number of hydrogen-bond donors (Lipinski definition) is 1. The number of ether oxygens (including phenoxy) is 2. The van der Waals surface area contributed by atoms with Crippen LogP contribution in [0.25, 0.3) is 0 Å². The third kappa shape index (κ3) is 87.6. The number of rotatable bonds is 83. The van der Waals surface area contributed by atoms with Crippen molar-refractivity contribution < 1.29 is 42.1 Å². The van der Waals surface area contributed by atoms with Crippen molar-refractivity contribution in [2.75, 3.05) is 47.5 Å². The summed E-state index contributed by atoms with van der Waals surface area (Å²) in [4.78, 5) is 36.1. The standard InChI is InChI=1S/C94H170NO8P/c1-6-8-10-12-14-16-18-20-22-24-26-28-30-32-34-36-38-40-42-44-46-47-49-51-53-55-57-59-61-63-65-67-69-71-73-75-77-79-81-83-85-87-94(97)103-92(91-102-104(98,99)101-89-88-95(3,4)5)90-100-93(96)86-84-82-80-78-76-74-72-70-68-66-64-62-60-58-56-54-52-50-48-45-43-41-39-37-35-33-31-29-27-25-23-21-19-17-15-13-11-9-7-2/h8-11,14-17,20-23,26-29,32,34,92H,6-7,12-13,18-19,24-25,30-31,33,35-91H2,1-5H3/p+1/b10-8-,11-9-,16-14-,17-15-,22-20-,23-21-,28-26-,29-27-,34-32-. The van der Waals surface area contributed by atoms with Crippen molar-refractivity contribution in [3.05, 3.63) is 109 Å². The number of unbranched alkanes of at least 4 members (excludes halogenated alkanes) is 51. The van der Waals surface area contributed by atoms with Crippen LogP contribution in [0.15, 0.2) is 109 Å². The molecule has 0 aromatic rings. The van der Waals surface area contributed by atoms with Crippen LogP contribution in [-0.2, 0) is 32.7 Å². The molecule has 104 heavy (non-hydrogen) atoms. The van der Waals surface area contributed by atoms with Crippen molar-refractivity contribution in [1.29, 1.82) is 0 Å². The maximum absolute atomic E-state index is 13.0. The molecular formula is C94H171NO8P+. The molecule has 0 rings (SSSR count). The zero-order valence-corrected chi connectivity index (χ0v) is 70.1. The molecule has 0 aliphatic heterocycles. The van der Waals surface area contributed by atoms with Gasteiger partial charge in [-0.15, -0.1) is 0 Å². The zero-order valence-electron chi connectivity index (χ0n) is 69.3. The number of phosphoric acid groups is 1. The maximum atomic E-state index is 13.0. The first-order valence-electron chi connectivity index (χ1n) is 44.6. The quantitative estimate of drug-likeness (QED) is 0.0211. The van der Waals surface area contributed by atoms with Gasteiger partial charge in [0.25, 0.3) is 0 Å². The lowest BCUT2D eigenvalue weighted by Crippen LogP contribution is -2.37. The van der Waals surface area contributed by atoms with E-state index in [0.717, 1.165) is 89.9 Å². The Labute approximate surface area is 646 Å². The summed E-state index contributed by atoms with van der Waals surface area (Å²) in [5, 5.41) is 0. The van der Waals surface area contributed by atoms with Gasteiger partial charge in [0.05, 0.1) is 27.7 Å². The van der Waals surface area contributed by atoms with Gasteiger partial charge in [0.2, 0.25) is 0 Å². The Morgan fingerprint density at radius 3 is 0.769 bits per heavy atom. The summed E-state index contributed by atoms with van der Waals surface area (Å²) in [6.45, 7) is 4.27. The molecule has 0 saturated heterocycles. The third-order valence-electron chi connectivity index (χ3n) is 19.8. The van der Waals surface area contributed by atoms with Gasteiger partial charge in [0.15, 0.2) is 6.10 Å². The molecule has 0 fully saturated rings. The molecule has 604 valence electrons. The van der Waals surface area contributed by atoms with Crippen molar-refractivity contribution in [3.63, 3.8) is 0 Å². The highest BCUT2D eigenvalue weighted by molar-refractivity contribution is 7.47. The van der Waals surface area contributed by atoms with Crippen LogP contribution in [0, 0.1) is 0 Å². The molecule has 0 amide bonds. The largest absolute Gasteiger partial charge is 0.472 e. The Kier molecular flexibility index (Phi) is 81.0. The van der Waals surface area contributed by atoms with E-state index in [1.165, 1.54) is 302 Å². The fourth-order valence-electron chi connectivity index (χ4n) is 13.1. The molecule has 10 heteroatoms. The molecule has 0 aliphatic carbocycles. The number of esters is 2. The van der Waals surface area contributed by atoms with Gasteiger partial charge in [0.1, 0.15) is 19.8 Å². The molecule has 0 spiro atoms. The number of hydrogen-bond acceptors (Lipinski definition) is 7. The lowest BCUT2D eigenvalue weighted by Gasteiger charge is -2.24. The van der Waals surface area contributed by atoms with Crippen molar-refractivity contribution in [3.8, 4) is 0 Å². The molecule has 2 unspecified atom stereocenters. The van der Waals surface area contributed by atoms with Gasteiger partial charge in [-0.25, -0.2) is 4.57 Å². The third-order valence-corrected chi connectivity index (χ3v) is 20.8. The highest BCUT2D eigenvalue weighted by atomic mass is 31.2. The number of carbonyl (C=O) groups is 2. The molecular weight excluding hydrogens is 1300 g/mol. The van der Waals surface area contributed by atoms with Crippen LogP contribution in [0.1, 0.15) is 425 Å². The van der Waals surface area contributed by atoms with Gasteiger partial charge >= 0.3 is 19.8 Å². The Morgan fingerprint density at radius 2 is 0.519 bits per heavy atom. The fourth-order valence-corrected chi connectivity index (χ4v) is 13.8. The van der Waals surface area contributed by atoms with E-state index in [9.17, 15) is 19.0 Å². The molecule has 0 aliphatic rings. The summed E-state index contributed by atoms with van der Waals surface area (Å²) in [6.07, 6.45) is 120. The number of quaternary nitrogens is 1. The summed E-state index contributed by atoms with van der Waals surface area (Å²) < 4.78 is 34.9. The zero-order chi connectivity index (χ0) is 75.4. The first-order valence-corrected chi connectivity index (χ1v) is 46.1. The second-order valence-corrected chi connectivity index (χ2v) is 32.7. The van der Waals surface area contributed by atoms with E-state index in [4.69, 9.17) is 18.5 Å². The van der Waals surface area contributed by atoms with E-state index in [2.05, 4.69) is 123 Å². The van der Waals surface area contributed by atoms with E-state index >= 15 is 0 Å². The first kappa shape index (κ1) is 101. The molecule has 0 aromatic carbocycles. The van der Waals surface area contributed by atoms with Crippen LogP contribution in [0.5, 0.6) is 0 Å². The van der Waals surface area contributed by atoms with Crippen molar-refractivity contribution in [1.82, 2.24) is 0 Å². The summed E-state index contributed by atoms with van der Waals surface area (Å²) in [7, 11) is 1.50. The minimum Gasteiger partial charge on any atom is -0.462 e. The monoisotopic (exact) mass is 1470 g/mol. The molecule has 1 N–H and O–H groups in total. The van der Waals surface area contributed by atoms with Crippen LogP contribution in [0.3, 0.4) is 0 Å². The molecule has 0 heterocycles. The summed E-state index contributed by atoms with van der Waals surface area (Å²) in [5.41, 5.74) is 0. The Balaban J connectivity index is 3.85. The summed E-state index contributed by atoms with van der Waals surface area (Å²) >= 11 is 0. The minimum atomic E-state index is -4.40. The van der Waals surface area contributed by atoms with Crippen molar-refractivity contribution >= 4 is 19.8 Å². The van der Waals surface area contributed by atoms with Crippen LogP contribution >= 0.6 is 7.82 Å². The van der Waals surface area contributed by atoms with Crippen LogP contribution < -0.4 is 0 Å². The molecule has 9 nitrogen and oxygen atoms in total. The topological polar surface area (TPSA) is 108 Å². The second-order valence-electron chi connectivity index (χ2n) is 31.2. The number of nitrogens with zero attached hydrogens (tertiary/aromatic N) is 1. The highest BCUT2D eigenvalue weighted by Crippen LogP contribution is 2.43. The number of likely N-dealkylation sites (N-methyl/N-ethyl adjacent to an activating group) is 1. The first-order chi connectivity index (χ1) is 51.0. The van der Waals surface area contributed by atoms with Crippen LogP contribution in [0.4, 0.5) is 0 Å². The SMILES string of the molecule is CC/C=C\C/C=C\C/C=C\C/C=C\C/C=C\CCCCCCCCCCCCCCCCCCCCCCCCCCCC(=O)OC(COC(=O)CCCCCCCCCCCCCCCCCCCCCCCCCCCC/C=C\C/C=C\C/C=C\C/C=C\CC)COP(=O)(O)OCC[N+](C)(C)C. The molecule has 0 bridgehead atoms. The molecule has 2 atom stereocenters. The number of allylic oxidation sites excluding steroid dienone is 18. The number of phosphoric ester groups is 1. The molecule has 0 aromatic heterocycles. The summed E-state index contributed by atoms with van der Waals surface area (Å²) in [5.74, 6) is -0.774. The van der Waals surface area contributed by atoms with E-state index in [1.54, 1.807) is 0 Å². The van der Waals surface area contributed by atoms with E-state index in [1.807, 2.05) is 21.1 Å². The Bertz CT molecular complexity index is 2130. The Hall–Kier alpha value is -3.33. The van der Waals surface area contributed by atoms with Gasteiger partial charge in [0, 0.05) is 12.8 Å². The average Bonchev–Trinajstić information content (AvgIpc) is 0.920. The van der Waals surface area contributed by atoms with Gasteiger partial charge in [-0.2, -0.15) is 0 Å². The van der Waals surface area contributed by atoms with Crippen molar-refractivity contribution in [2.24, 2.45) is 0 Å². The lowest BCUT2D eigenvalue weighted by atomic mass is 10.0. The fraction of sp³-hybridized carbons (Fsp3) is 0.787. The average molecular weight is 1470 g/mol. The van der Waals surface area contributed by atoms with Gasteiger partial charge in [-0.1, -0.05) is 425 Å². The molecule has 0 saturated carbocycles. The van der Waals surface area contributed by atoms with Crippen LogP contribution in [0.2, 0.25) is 0 Å². The van der Waals surface area contributed by atoms with Crippen molar-refractivity contribution in [2.45, 2.75) is 431 Å². The smallest absolute Gasteiger partial charge is 0.462 e. The number of carbonyl (C=O) groups excluding carboxylic acids is 2. The predicted molar refractivity (Wildman–Crippen MR) is 455 cm³/mol. The normalized spacial score (nSPS) is 13.5. The van der Waals surface area contributed by atoms with E-state index < -0.39 is 26.5 Å². The van der Waals surface area contributed by atoms with Gasteiger partial charge in [-0.05, 0) is 96.3 Å². The van der Waals surface area contributed by atoms with Crippen LogP contribution in [-0.4, -0.2) is 74.9 Å². The highest BCUT2D eigenvalue weighted by Gasteiger charge is 2.27. The summed E-state index contributed by atoms with van der Waals surface area (Å²) in [6, 6.07) is 0. The lowest BCUT2D eigenvalue weighted by molar-refractivity contribution is -0.870. The van der Waals surface area contributed by atoms with Gasteiger partial charge in [-0.3, -0.25) is 18.6 Å². The van der Waals surface area contributed by atoms with E-state index in [0.29, 0.717) is 23.9 Å². The minimum absolute atomic E-state index is 0.0330. The maximum Gasteiger partial charge on any atom is 0.472 e. The predicted octanol–water partition coefficient (Wildman–Crippen LogP) is 30.3. The van der Waals surface area contributed by atoms with E-state index in [-0.39, 0.29) is 25.6 Å². The van der Waals surface area contributed by atoms with Gasteiger partial charge < -0.3 is 18.9 Å². The second kappa shape index (κ2) is 83.7. The Morgan fingerprint density at radius 1 is 0.298 bits per heavy atom. The molecule has 0 radical (unpaired) electrons.